The van der Waals surface area contributed by atoms with Crippen molar-refractivity contribution in [2.24, 2.45) is 0 Å². The SMILES string of the molecule is CC1(C)c2cc(-c3ccc4ccc5cccc6ccc3c4c56)ccc2-c2ccc3c4c(ccc1c24)-c1cc(-c2ccc4c5c2C=CC2=CC=CC(=CC4)C25)ccc1-3. The van der Waals surface area contributed by atoms with E-state index in [-0.39, 0.29) is 5.41 Å². The average molecular weight is 721 g/mol. The van der Waals surface area contributed by atoms with Crippen LogP contribution in [0.15, 0.2) is 169 Å². The first kappa shape index (κ1) is 30.5. The van der Waals surface area contributed by atoms with Crippen LogP contribution in [0.25, 0.3) is 105 Å². The summed E-state index contributed by atoms with van der Waals surface area (Å²) in [5.74, 6) is 0.358. The molecule has 57 heavy (non-hydrogen) atoms. The Kier molecular flexibility index (Phi) is 5.53. The van der Waals surface area contributed by atoms with Crippen LogP contribution < -0.4 is 0 Å². The molecule has 0 nitrogen and oxygen atoms in total. The lowest BCUT2D eigenvalue weighted by Gasteiger charge is -2.36. The average Bonchev–Trinajstić information content (AvgIpc) is 3.58. The minimum Gasteiger partial charge on any atom is -0.0759 e. The van der Waals surface area contributed by atoms with E-state index in [1.165, 1.54) is 138 Å². The Morgan fingerprint density at radius 2 is 1.16 bits per heavy atom. The van der Waals surface area contributed by atoms with E-state index in [9.17, 15) is 0 Å². The summed E-state index contributed by atoms with van der Waals surface area (Å²) in [7, 11) is 0. The predicted molar refractivity (Wildman–Crippen MR) is 241 cm³/mol. The first-order valence-corrected chi connectivity index (χ1v) is 20.5. The summed E-state index contributed by atoms with van der Waals surface area (Å²) in [5, 5.41) is 10.8. The Balaban J connectivity index is 0.920. The minimum absolute atomic E-state index is 0.174. The van der Waals surface area contributed by atoms with Gasteiger partial charge in [-0.25, -0.2) is 0 Å². The lowest BCUT2D eigenvalue weighted by atomic mass is 9.67. The molecule has 0 radical (unpaired) electrons. The zero-order chi connectivity index (χ0) is 37.3. The topological polar surface area (TPSA) is 0 Å². The molecule has 5 aliphatic rings. The Morgan fingerprint density at radius 3 is 2.04 bits per heavy atom. The quantitative estimate of drug-likeness (QED) is 0.156. The molecule has 1 unspecified atom stereocenters. The van der Waals surface area contributed by atoms with Crippen LogP contribution in [0.4, 0.5) is 0 Å². The maximum absolute atomic E-state index is 2.50. The molecule has 0 heteroatoms. The molecule has 1 atom stereocenters. The van der Waals surface area contributed by atoms with E-state index in [1.807, 2.05) is 0 Å². The van der Waals surface area contributed by atoms with Crippen LogP contribution in [0.5, 0.6) is 0 Å². The molecule has 0 bridgehead atoms. The molecule has 0 heterocycles. The van der Waals surface area contributed by atoms with Crippen molar-refractivity contribution in [1.82, 2.24) is 0 Å². The van der Waals surface area contributed by atoms with Gasteiger partial charge in [0.05, 0.1) is 0 Å². The molecule has 0 aromatic heterocycles. The highest BCUT2D eigenvalue weighted by atomic mass is 14.4. The number of benzene rings is 9. The van der Waals surface area contributed by atoms with Crippen molar-refractivity contribution in [2.75, 3.05) is 0 Å². The molecule has 9 aromatic rings. The van der Waals surface area contributed by atoms with Crippen LogP contribution in [-0.4, -0.2) is 0 Å². The van der Waals surface area contributed by atoms with Gasteiger partial charge in [0.15, 0.2) is 0 Å². The van der Waals surface area contributed by atoms with E-state index in [0.717, 1.165) is 6.42 Å². The molecule has 0 spiro atoms. The molecule has 264 valence electrons. The molecular weight excluding hydrogens is 685 g/mol. The third-order valence-electron chi connectivity index (χ3n) is 14.5. The minimum atomic E-state index is -0.174. The summed E-state index contributed by atoms with van der Waals surface area (Å²) in [6.45, 7) is 4.87. The van der Waals surface area contributed by atoms with Crippen molar-refractivity contribution in [3.63, 3.8) is 0 Å². The van der Waals surface area contributed by atoms with Crippen molar-refractivity contribution in [2.45, 2.75) is 31.6 Å². The first-order chi connectivity index (χ1) is 28.0. The molecule has 0 saturated carbocycles. The monoisotopic (exact) mass is 720 g/mol. The fraction of sp³-hybridized carbons (Fsp3) is 0.0877. The van der Waals surface area contributed by atoms with Gasteiger partial charge < -0.3 is 0 Å². The molecule has 0 saturated heterocycles. The van der Waals surface area contributed by atoms with Crippen molar-refractivity contribution >= 4 is 49.2 Å². The second-order valence-corrected chi connectivity index (χ2v) is 17.5. The van der Waals surface area contributed by atoms with Crippen LogP contribution in [0.3, 0.4) is 0 Å². The van der Waals surface area contributed by atoms with E-state index in [0.29, 0.717) is 5.92 Å². The van der Waals surface area contributed by atoms with Gasteiger partial charge in [0.2, 0.25) is 0 Å². The maximum atomic E-state index is 2.50. The van der Waals surface area contributed by atoms with Crippen LogP contribution in [0.1, 0.15) is 47.6 Å². The molecule has 0 aliphatic heterocycles. The van der Waals surface area contributed by atoms with Gasteiger partial charge >= 0.3 is 0 Å². The normalized spacial score (nSPS) is 17.3. The fourth-order valence-electron chi connectivity index (χ4n) is 11.8. The smallest absolute Gasteiger partial charge is 0.0345 e. The van der Waals surface area contributed by atoms with E-state index >= 15 is 0 Å². The van der Waals surface area contributed by atoms with Crippen LogP contribution in [-0.2, 0) is 11.8 Å². The number of fused-ring (bicyclic) bond motifs is 5. The van der Waals surface area contributed by atoms with E-state index in [1.54, 1.807) is 0 Å². The molecule has 14 rings (SSSR count). The van der Waals surface area contributed by atoms with Crippen molar-refractivity contribution in [3.05, 3.63) is 197 Å². The molecule has 9 aromatic carbocycles. The summed E-state index contributed by atoms with van der Waals surface area (Å²) in [5.41, 5.74) is 23.2. The highest BCUT2D eigenvalue weighted by molar-refractivity contribution is 6.26. The summed E-state index contributed by atoms with van der Waals surface area (Å²) < 4.78 is 0. The Bertz CT molecular complexity index is 3480. The predicted octanol–water partition coefficient (Wildman–Crippen LogP) is 15.1. The Morgan fingerprint density at radius 1 is 0.474 bits per heavy atom. The van der Waals surface area contributed by atoms with Crippen LogP contribution in [0, 0.1) is 0 Å². The fourth-order valence-corrected chi connectivity index (χ4v) is 11.8. The largest absolute Gasteiger partial charge is 0.0759 e. The Labute approximate surface area is 331 Å². The van der Waals surface area contributed by atoms with E-state index in [4.69, 9.17) is 0 Å². The van der Waals surface area contributed by atoms with Gasteiger partial charge in [-0.15, -0.1) is 0 Å². The van der Waals surface area contributed by atoms with Crippen molar-refractivity contribution < 1.29 is 0 Å². The number of rotatable bonds is 2. The third-order valence-corrected chi connectivity index (χ3v) is 14.5. The van der Waals surface area contributed by atoms with E-state index < -0.39 is 0 Å². The summed E-state index contributed by atoms with van der Waals surface area (Å²) in [4.78, 5) is 0. The highest BCUT2D eigenvalue weighted by Crippen LogP contribution is 2.57. The van der Waals surface area contributed by atoms with Gasteiger partial charge in [-0.2, -0.15) is 0 Å². The molecule has 5 aliphatic carbocycles. The van der Waals surface area contributed by atoms with Gasteiger partial charge in [0, 0.05) is 11.3 Å². The zero-order valence-corrected chi connectivity index (χ0v) is 31.9. The lowest BCUT2D eigenvalue weighted by molar-refractivity contribution is 0.645. The maximum Gasteiger partial charge on any atom is 0.0345 e. The summed E-state index contributed by atoms with van der Waals surface area (Å²) in [6, 6.07) is 49.5. The Hall–Kier alpha value is -6.76. The summed E-state index contributed by atoms with van der Waals surface area (Å²) >= 11 is 0. The van der Waals surface area contributed by atoms with Crippen LogP contribution in [0.2, 0.25) is 0 Å². The van der Waals surface area contributed by atoms with E-state index in [2.05, 4.69) is 178 Å². The molecule has 0 fully saturated rings. The lowest BCUT2D eigenvalue weighted by Crippen LogP contribution is -2.23. The van der Waals surface area contributed by atoms with Gasteiger partial charge in [0.1, 0.15) is 0 Å². The summed E-state index contributed by atoms with van der Waals surface area (Å²) in [6.07, 6.45) is 15.0. The van der Waals surface area contributed by atoms with Gasteiger partial charge in [-0.1, -0.05) is 166 Å². The zero-order valence-electron chi connectivity index (χ0n) is 31.9. The standard InChI is InChI=1S/C57H36/c1-57(2)49-28-27-47-48-29-37(39-19-13-35-11-9-31-5-3-7-33-15-23-43(39)53(35)51(31)33)17-21-41(48)45-25-26-46(56(49)55(45)47)42-22-18-38(30-50(42)57)40-20-14-36-12-10-32-6-4-8-34-16-24-44(40)54(36)52(32)34/h3-10,12-30,51H,11H2,1-2H3. The highest BCUT2D eigenvalue weighted by Gasteiger charge is 2.37. The number of hydrogen-bond donors (Lipinski definition) is 0. The number of allylic oxidation sites excluding steroid dienone is 7. The van der Waals surface area contributed by atoms with Gasteiger partial charge in [0.25, 0.3) is 0 Å². The second kappa shape index (κ2) is 10.3. The van der Waals surface area contributed by atoms with Gasteiger partial charge in [-0.3, -0.25) is 0 Å². The first-order valence-electron chi connectivity index (χ1n) is 20.5. The molecule has 0 amide bonds. The van der Waals surface area contributed by atoms with Crippen molar-refractivity contribution in [3.8, 4) is 55.6 Å². The van der Waals surface area contributed by atoms with Crippen molar-refractivity contribution in [1.29, 1.82) is 0 Å². The number of hydrogen-bond acceptors (Lipinski definition) is 0. The molecular formula is C57H36. The van der Waals surface area contributed by atoms with Gasteiger partial charge in [-0.05, 0) is 156 Å². The van der Waals surface area contributed by atoms with Crippen LogP contribution >= 0.6 is 0 Å². The second-order valence-electron chi connectivity index (χ2n) is 17.5. The third kappa shape index (κ3) is 3.75. The molecule has 0 N–H and O–H groups in total.